The van der Waals surface area contributed by atoms with Crippen LogP contribution in [-0.4, -0.2) is 39.0 Å². The van der Waals surface area contributed by atoms with Crippen molar-refractivity contribution in [1.29, 1.82) is 0 Å². The van der Waals surface area contributed by atoms with Crippen LogP contribution in [0.2, 0.25) is 0 Å². The van der Waals surface area contributed by atoms with Crippen molar-refractivity contribution in [2.24, 2.45) is 11.1 Å². The molecule has 2 rings (SSSR count). The molecule has 0 aromatic heterocycles. The number of carbonyl (C=O) groups excluding carboxylic acids is 1. The zero-order valence-corrected chi connectivity index (χ0v) is 12.4. The van der Waals surface area contributed by atoms with Gasteiger partial charge < -0.3 is 14.9 Å². The van der Waals surface area contributed by atoms with E-state index in [-0.39, 0.29) is 5.91 Å². The van der Waals surface area contributed by atoms with Crippen molar-refractivity contribution in [3.05, 3.63) is 35.4 Å². The number of nitrogens with one attached hydrogen (secondary N) is 1. The molecule has 1 aliphatic carbocycles. The predicted molar refractivity (Wildman–Crippen MR) is 81.5 cm³/mol. The number of carbonyl (C=O) groups is 1. The van der Waals surface area contributed by atoms with Gasteiger partial charge >= 0.3 is 0 Å². The summed E-state index contributed by atoms with van der Waals surface area (Å²) >= 11 is 0. The second-order valence-corrected chi connectivity index (χ2v) is 5.17. The Hall–Kier alpha value is -1.88. The lowest BCUT2D eigenvalue weighted by molar-refractivity contribution is 0.0937. The third-order valence-corrected chi connectivity index (χ3v) is 3.28. The fraction of sp³-hybridized carbons (Fsp3) is 0.500. The molecular formula is C16H22N2O3. The van der Waals surface area contributed by atoms with E-state index in [1.807, 2.05) is 12.1 Å². The van der Waals surface area contributed by atoms with Crippen LogP contribution in [0.15, 0.2) is 29.4 Å². The van der Waals surface area contributed by atoms with Gasteiger partial charge in [0.25, 0.3) is 5.91 Å². The van der Waals surface area contributed by atoms with Gasteiger partial charge in [0.1, 0.15) is 7.11 Å². The van der Waals surface area contributed by atoms with Gasteiger partial charge in [0.05, 0.1) is 6.21 Å². The maximum atomic E-state index is 11.9. The minimum absolute atomic E-state index is 0.0626. The Kier molecular flexibility index (Phi) is 6.22. The molecule has 1 saturated carbocycles. The molecule has 0 spiro atoms. The topological polar surface area (TPSA) is 59.9 Å². The van der Waals surface area contributed by atoms with E-state index >= 15 is 0 Å². The third kappa shape index (κ3) is 5.95. The molecule has 0 heterocycles. The smallest absolute Gasteiger partial charge is 0.251 e. The van der Waals surface area contributed by atoms with Gasteiger partial charge in [-0.15, -0.1) is 0 Å². The highest BCUT2D eigenvalue weighted by atomic mass is 16.6. The van der Waals surface area contributed by atoms with Crippen LogP contribution < -0.4 is 5.32 Å². The summed E-state index contributed by atoms with van der Waals surface area (Å²) in [4.78, 5) is 16.5. The fourth-order valence-corrected chi connectivity index (χ4v) is 1.85. The standard InChI is InChI=1S/C16H22N2O3/c1-20-18-11-13-5-7-15(8-6-13)16(19)17-9-2-10-21-12-14-3-4-14/h5-8,11,14H,2-4,9-10,12H2,1H3,(H,17,19)/b18-11+. The molecular weight excluding hydrogens is 268 g/mol. The van der Waals surface area contributed by atoms with Gasteiger partial charge in [0, 0.05) is 25.3 Å². The van der Waals surface area contributed by atoms with Crippen LogP contribution in [-0.2, 0) is 9.57 Å². The molecule has 1 N–H and O–H groups in total. The highest BCUT2D eigenvalue weighted by Gasteiger charge is 2.20. The number of hydrogen-bond acceptors (Lipinski definition) is 4. The summed E-state index contributed by atoms with van der Waals surface area (Å²) < 4.78 is 5.52. The minimum Gasteiger partial charge on any atom is -0.399 e. The molecule has 0 bridgehead atoms. The molecule has 1 aliphatic rings. The molecule has 21 heavy (non-hydrogen) atoms. The van der Waals surface area contributed by atoms with Crippen LogP contribution in [0.5, 0.6) is 0 Å². The van der Waals surface area contributed by atoms with E-state index in [9.17, 15) is 4.79 Å². The van der Waals surface area contributed by atoms with Crippen molar-refractivity contribution in [2.45, 2.75) is 19.3 Å². The van der Waals surface area contributed by atoms with Crippen molar-refractivity contribution in [1.82, 2.24) is 5.32 Å². The Labute approximate surface area is 125 Å². The molecule has 1 amide bonds. The molecule has 1 aromatic carbocycles. The van der Waals surface area contributed by atoms with Crippen molar-refractivity contribution in [3.63, 3.8) is 0 Å². The monoisotopic (exact) mass is 290 g/mol. The summed E-state index contributed by atoms with van der Waals surface area (Å²) in [6.45, 7) is 2.22. The largest absolute Gasteiger partial charge is 0.399 e. The van der Waals surface area contributed by atoms with Gasteiger partial charge in [-0.05, 0) is 42.9 Å². The quantitative estimate of drug-likeness (QED) is 0.431. The average molecular weight is 290 g/mol. The van der Waals surface area contributed by atoms with Gasteiger partial charge in [-0.25, -0.2) is 0 Å². The summed E-state index contributed by atoms with van der Waals surface area (Å²) in [7, 11) is 1.49. The second-order valence-electron chi connectivity index (χ2n) is 5.17. The summed E-state index contributed by atoms with van der Waals surface area (Å²) in [5.74, 6) is 0.729. The fourth-order valence-electron chi connectivity index (χ4n) is 1.85. The molecule has 1 fully saturated rings. The molecule has 0 atom stereocenters. The molecule has 1 aromatic rings. The van der Waals surface area contributed by atoms with Crippen LogP contribution in [0, 0.1) is 5.92 Å². The Morgan fingerprint density at radius 2 is 2.14 bits per heavy atom. The van der Waals surface area contributed by atoms with Gasteiger partial charge in [0.15, 0.2) is 0 Å². The first-order valence-corrected chi connectivity index (χ1v) is 7.32. The van der Waals surface area contributed by atoms with E-state index in [1.54, 1.807) is 18.3 Å². The summed E-state index contributed by atoms with van der Waals surface area (Å²) in [6, 6.07) is 7.21. The number of nitrogens with zero attached hydrogens (tertiary/aromatic N) is 1. The van der Waals surface area contributed by atoms with E-state index in [4.69, 9.17) is 4.74 Å². The Morgan fingerprint density at radius 1 is 1.38 bits per heavy atom. The van der Waals surface area contributed by atoms with E-state index < -0.39 is 0 Å². The molecule has 114 valence electrons. The third-order valence-electron chi connectivity index (χ3n) is 3.28. The minimum atomic E-state index is -0.0626. The number of amides is 1. The zero-order chi connectivity index (χ0) is 14.9. The number of benzene rings is 1. The van der Waals surface area contributed by atoms with Crippen molar-refractivity contribution < 1.29 is 14.4 Å². The average Bonchev–Trinajstić information content (AvgIpc) is 3.33. The first-order chi connectivity index (χ1) is 10.3. The molecule has 0 saturated heterocycles. The number of hydrogen-bond donors (Lipinski definition) is 1. The zero-order valence-electron chi connectivity index (χ0n) is 12.4. The lowest BCUT2D eigenvalue weighted by atomic mass is 10.1. The molecule has 5 nitrogen and oxygen atoms in total. The lowest BCUT2D eigenvalue weighted by Crippen LogP contribution is -2.25. The summed E-state index contributed by atoms with van der Waals surface area (Å²) in [5.41, 5.74) is 1.53. The number of rotatable bonds is 9. The predicted octanol–water partition coefficient (Wildman–Crippen LogP) is 2.21. The van der Waals surface area contributed by atoms with Gasteiger partial charge in [-0.1, -0.05) is 17.3 Å². The molecule has 0 unspecified atom stereocenters. The first kappa shape index (κ1) is 15.5. The van der Waals surface area contributed by atoms with E-state index in [1.165, 1.54) is 20.0 Å². The van der Waals surface area contributed by atoms with Crippen molar-refractivity contribution in [2.75, 3.05) is 26.9 Å². The summed E-state index contributed by atoms with van der Waals surface area (Å²) in [5, 5.41) is 6.56. The van der Waals surface area contributed by atoms with Crippen molar-refractivity contribution in [3.8, 4) is 0 Å². The SMILES string of the molecule is CO/N=C/c1ccc(C(=O)NCCCOCC2CC2)cc1. The Morgan fingerprint density at radius 3 is 2.81 bits per heavy atom. The van der Waals surface area contributed by atoms with Crippen LogP contribution >= 0.6 is 0 Å². The molecule has 5 heteroatoms. The maximum absolute atomic E-state index is 11.9. The van der Waals surface area contributed by atoms with Crippen LogP contribution in [0.25, 0.3) is 0 Å². The van der Waals surface area contributed by atoms with Gasteiger partial charge in [0.2, 0.25) is 0 Å². The van der Waals surface area contributed by atoms with E-state index in [0.29, 0.717) is 18.7 Å². The number of oxime groups is 1. The summed E-state index contributed by atoms with van der Waals surface area (Å²) in [6.07, 6.45) is 5.06. The molecule has 0 aliphatic heterocycles. The second kappa shape index (κ2) is 8.42. The van der Waals surface area contributed by atoms with Gasteiger partial charge in [-0.2, -0.15) is 0 Å². The Balaban J connectivity index is 1.63. The van der Waals surface area contributed by atoms with Gasteiger partial charge in [-0.3, -0.25) is 4.79 Å². The van der Waals surface area contributed by atoms with E-state index in [2.05, 4.69) is 15.3 Å². The number of ether oxygens (including phenoxy) is 1. The highest BCUT2D eigenvalue weighted by Crippen LogP contribution is 2.28. The normalized spacial score (nSPS) is 14.3. The van der Waals surface area contributed by atoms with Crippen LogP contribution in [0.1, 0.15) is 35.2 Å². The van der Waals surface area contributed by atoms with Crippen molar-refractivity contribution >= 4 is 12.1 Å². The first-order valence-electron chi connectivity index (χ1n) is 7.32. The molecule has 0 radical (unpaired) electrons. The lowest BCUT2D eigenvalue weighted by Gasteiger charge is -2.06. The van der Waals surface area contributed by atoms with E-state index in [0.717, 1.165) is 24.5 Å². The van der Waals surface area contributed by atoms with Crippen LogP contribution in [0.4, 0.5) is 0 Å². The Bertz CT molecular complexity index is 467. The maximum Gasteiger partial charge on any atom is 0.251 e. The van der Waals surface area contributed by atoms with Crippen LogP contribution in [0.3, 0.4) is 0 Å². The highest BCUT2D eigenvalue weighted by molar-refractivity contribution is 5.94.